The van der Waals surface area contributed by atoms with Crippen molar-refractivity contribution in [3.8, 4) is 5.75 Å². The summed E-state index contributed by atoms with van der Waals surface area (Å²) in [4.78, 5) is 12.7. The molecule has 2 saturated heterocycles. The predicted molar refractivity (Wildman–Crippen MR) is 139 cm³/mol. The van der Waals surface area contributed by atoms with Gasteiger partial charge < -0.3 is 64.2 Å². The third-order valence-electron chi connectivity index (χ3n) is 7.07. The fourth-order valence-electron chi connectivity index (χ4n) is 4.81. The third-order valence-corrected chi connectivity index (χ3v) is 7.07. The number of carbonyl (C=O) groups excluding carboxylic acids is 1. The molecule has 1 aromatic carbocycles. The lowest BCUT2D eigenvalue weighted by molar-refractivity contribution is -0.363. The zero-order valence-corrected chi connectivity index (χ0v) is 23.6. The van der Waals surface area contributed by atoms with E-state index in [-0.39, 0.29) is 11.8 Å². The largest absolute Gasteiger partial charge is 0.516 e. The van der Waals surface area contributed by atoms with Crippen LogP contribution in [0.5, 0.6) is 5.75 Å². The van der Waals surface area contributed by atoms with E-state index in [1.54, 1.807) is 0 Å². The first-order valence-electron chi connectivity index (χ1n) is 13.6. The molecule has 0 bridgehead atoms. The van der Waals surface area contributed by atoms with Crippen molar-refractivity contribution in [1.82, 2.24) is 0 Å². The maximum absolute atomic E-state index is 12.7. The molecule has 11 atom stereocenters. The average Bonchev–Trinajstić information content (AvgIpc) is 2.92. The van der Waals surface area contributed by atoms with Gasteiger partial charge in [-0.15, -0.1) is 0 Å². The minimum absolute atomic E-state index is 0.0490. The Morgan fingerprint density at radius 2 is 1.39 bits per heavy atom. The Bertz CT molecular complexity index is 961. The quantitative estimate of drug-likeness (QED) is 0.103. The molecule has 0 saturated carbocycles. The van der Waals surface area contributed by atoms with Gasteiger partial charge in [0.1, 0.15) is 54.6 Å². The second kappa shape index (κ2) is 14.5. The topological polar surface area (TPSA) is 214 Å². The molecule has 234 valence electrons. The molecule has 2 heterocycles. The second-order valence-corrected chi connectivity index (χ2v) is 10.7. The predicted octanol–water partition coefficient (Wildman–Crippen LogP) is -0.564. The van der Waals surface area contributed by atoms with Gasteiger partial charge in [0.25, 0.3) is 0 Å². The van der Waals surface area contributed by atoms with Gasteiger partial charge in [0.05, 0.1) is 13.2 Å². The van der Waals surface area contributed by atoms with Crippen LogP contribution in [0.3, 0.4) is 0 Å². The number of ether oxygens (including phenoxy) is 6. The summed E-state index contributed by atoms with van der Waals surface area (Å²) >= 11 is 0. The van der Waals surface area contributed by atoms with Crippen LogP contribution in [0.4, 0.5) is 4.79 Å². The molecule has 1 unspecified atom stereocenters. The Hall–Kier alpha value is -1.95. The van der Waals surface area contributed by atoms with Gasteiger partial charge in [-0.1, -0.05) is 45.9 Å². The number of aliphatic hydroxyl groups is 7. The van der Waals surface area contributed by atoms with Crippen molar-refractivity contribution in [2.75, 3.05) is 13.2 Å². The maximum atomic E-state index is 12.7. The number of hydrogen-bond donors (Lipinski definition) is 7. The van der Waals surface area contributed by atoms with Crippen LogP contribution < -0.4 is 4.74 Å². The highest BCUT2D eigenvalue weighted by Gasteiger charge is 2.51. The van der Waals surface area contributed by atoms with Crippen molar-refractivity contribution in [3.05, 3.63) is 29.3 Å². The van der Waals surface area contributed by atoms with Crippen molar-refractivity contribution in [1.29, 1.82) is 0 Å². The molecule has 3 rings (SSSR count). The van der Waals surface area contributed by atoms with Crippen molar-refractivity contribution in [2.45, 2.75) is 114 Å². The zero-order valence-electron chi connectivity index (χ0n) is 23.6. The Kier molecular flexibility index (Phi) is 11.9. The highest BCUT2D eigenvalue weighted by Crippen LogP contribution is 2.35. The molecule has 41 heavy (non-hydrogen) atoms. The van der Waals surface area contributed by atoms with E-state index in [0.717, 1.165) is 11.1 Å². The van der Waals surface area contributed by atoms with E-state index in [2.05, 4.69) is 0 Å². The van der Waals surface area contributed by atoms with Crippen LogP contribution in [0.15, 0.2) is 18.2 Å². The molecule has 0 spiro atoms. The molecule has 2 aliphatic heterocycles. The highest BCUT2D eigenvalue weighted by atomic mass is 16.8. The molecule has 7 N–H and O–H groups in total. The van der Waals surface area contributed by atoms with Gasteiger partial charge >= 0.3 is 6.16 Å². The number of benzene rings is 1. The number of hydrogen-bond acceptors (Lipinski definition) is 14. The molecule has 0 aromatic heterocycles. The molecule has 0 aliphatic carbocycles. The lowest BCUT2D eigenvalue weighted by Crippen LogP contribution is -2.65. The standard InChI is InChI=1S/C27H42O14/c1-11(2)14-7-6-8-15(12(3)4)22(14)41-27(35)37-13(5)36-24-18(30)16(9-28)39-26(21(24)33)40-23-17(10-29)38-25(34)20(32)19(23)31/h6-8,11-13,16-21,23-26,28-34H,9-10H2,1-5H3/t13?,16-,17-,18-,19-,20-,21-,23-,24+,25-,26-/m1/s1. The SMILES string of the molecule is CC(OC(=O)Oc1c(C(C)C)cccc1C(C)C)O[C@@H]1[C@@H](O)[C@@H](O[C@H]2[C@H](O)[C@@H](O)[C@H](O)O[C@@H]2CO)O[C@H](CO)[C@H]1O. The van der Waals surface area contributed by atoms with Crippen molar-refractivity contribution >= 4 is 6.16 Å². The Labute approximate surface area is 237 Å². The lowest BCUT2D eigenvalue weighted by atomic mass is 9.94. The number of aliphatic hydroxyl groups excluding tert-OH is 7. The molecule has 1 aromatic rings. The van der Waals surface area contributed by atoms with E-state index in [9.17, 15) is 40.5 Å². The molecule has 2 aliphatic rings. The van der Waals surface area contributed by atoms with Crippen LogP contribution in [0.25, 0.3) is 0 Å². The number of rotatable bonds is 10. The first-order chi connectivity index (χ1) is 19.3. The zero-order chi connectivity index (χ0) is 30.6. The van der Waals surface area contributed by atoms with E-state index < -0.39 is 87.1 Å². The monoisotopic (exact) mass is 590 g/mol. The van der Waals surface area contributed by atoms with Gasteiger partial charge in [-0.3, -0.25) is 0 Å². The fourth-order valence-corrected chi connectivity index (χ4v) is 4.81. The summed E-state index contributed by atoms with van der Waals surface area (Å²) in [7, 11) is 0. The molecule has 2 fully saturated rings. The van der Waals surface area contributed by atoms with Crippen LogP contribution in [0, 0.1) is 0 Å². The number of carbonyl (C=O) groups is 1. The van der Waals surface area contributed by atoms with Crippen molar-refractivity contribution < 1.29 is 69.0 Å². The van der Waals surface area contributed by atoms with E-state index in [1.165, 1.54) is 6.92 Å². The summed E-state index contributed by atoms with van der Waals surface area (Å²) in [5.41, 5.74) is 1.60. The average molecular weight is 591 g/mol. The van der Waals surface area contributed by atoms with Crippen LogP contribution in [-0.2, 0) is 23.7 Å². The van der Waals surface area contributed by atoms with E-state index in [1.807, 2.05) is 45.9 Å². The van der Waals surface area contributed by atoms with Gasteiger partial charge in [0.2, 0.25) is 6.29 Å². The van der Waals surface area contributed by atoms with Crippen molar-refractivity contribution in [3.63, 3.8) is 0 Å². The maximum Gasteiger partial charge on any atom is 0.516 e. The van der Waals surface area contributed by atoms with Crippen LogP contribution in [0.1, 0.15) is 57.6 Å². The summed E-state index contributed by atoms with van der Waals surface area (Å²) in [6, 6.07) is 5.57. The summed E-state index contributed by atoms with van der Waals surface area (Å²) in [5, 5.41) is 71.0. The van der Waals surface area contributed by atoms with Crippen LogP contribution in [-0.4, -0.2) is 123 Å². The Morgan fingerprint density at radius 1 is 0.805 bits per heavy atom. The summed E-state index contributed by atoms with van der Waals surface area (Å²) in [6.07, 6.45) is -18.6. The number of para-hydroxylation sites is 1. The first-order valence-corrected chi connectivity index (χ1v) is 13.6. The first kappa shape index (κ1) is 33.6. The molecular formula is C27H42O14. The van der Waals surface area contributed by atoms with E-state index in [4.69, 9.17) is 28.4 Å². The summed E-state index contributed by atoms with van der Waals surface area (Å²) in [5.74, 6) is 0.467. The van der Waals surface area contributed by atoms with Gasteiger partial charge in [-0.2, -0.15) is 0 Å². The minimum Gasteiger partial charge on any atom is -0.404 e. The molecule has 14 nitrogen and oxygen atoms in total. The highest BCUT2D eigenvalue weighted by molar-refractivity contribution is 5.66. The second-order valence-electron chi connectivity index (χ2n) is 10.7. The summed E-state index contributed by atoms with van der Waals surface area (Å²) in [6.45, 7) is 7.69. The Morgan fingerprint density at radius 3 is 1.93 bits per heavy atom. The fraction of sp³-hybridized carbons (Fsp3) is 0.741. The minimum atomic E-state index is -1.80. The molecular weight excluding hydrogens is 548 g/mol. The smallest absolute Gasteiger partial charge is 0.404 e. The third kappa shape index (κ3) is 7.72. The van der Waals surface area contributed by atoms with Crippen LogP contribution >= 0.6 is 0 Å². The van der Waals surface area contributed by atoms with E-state index >= 15 is 0 Å². The normalized spacial score (nSPS) is 35.0. The Balaban J connectivity index is 1.72. The summed E-state index contributed by atoms with van der Waals surface area (Å²) < 4.78 is 32.5. The van der Waals surface area contributed by atoms with E-state index in [0.29, 0.717) is 5.75 Å². The van der Waals surface area contributed by atoms with Gasteiger partial charge in [0, 0.05) is 0 Å². The van der Waals surface area contributed by atoms with Gasteiger partial charge in [-0.05, 0) is 29.9 Å². The molecule has 0 radical (unpaired) electrons. The van der Waals surface area contributed by atoms with Crippen LogP contribution in [0.2, 0.25) is 0 Å². The van der Waals surface area contributed by atoms with Gasteiger partial charge in [0.15, 0.2) is 12.6 Å². The lowest BCUT2D eigenvalue weighted by Gasteiger charge is -2.46. The molecule has 0 amide bonds. The van der Waals surface area contributed by atoms with Gasteiger partial charge in [-0.25, -0.2) is 4.79 Å². The molecule has 14 heteroatoms. The van der Waals surface area contributed by atoms with Crippen molar-refractivity contribution in [2.24, 2.45) is 0 Å².